The first-order valence-electron chi connectivity index (χ1n) is 3.37. The summed E-state index contributed by atoms with van der Waals surface area (Å²) in [6.07, 6.45) is 1.70. The number of hydrogen-bond donors (Lipinski definition) is 2. The molecule has 0 unspecified atom stereocenters. The number of rotatable bonds is 1. The van der Waals surface area contributed by atoms with E-state index in [1.54, 1.807) is 24.4 Å². The maximum atomic E-state index is 5.54. The van der Waals surface area contributed by atoms with Crippen molar-refractivity contribution in [2.75, 3.05) is 11.5 Å². The number of anilines is 2. The molecule has 11 heavy (non-hydrogen) atoms. The fourth-order valence-corrected chi connectivity index (χ4v) is 0.883. The number of hydrogen-bond acceptors (Lipinski definition) is 3. The Balaban J connectivity index is 3.08. The lowest BCUT2D eigenvalue weighted by atomic mass is 10.2. The van der Waals surface area contributed by atoms with Gasteiger partial charge >= 0.3 is 0 Å². The van der Waals surface area contributed by atoms with Gasteiger partial charge < -0.3 is 11.5 Å². The monoisotopic (exact) mass is 149 g/mol. The van der Waals surface area contributed by atoms with Gasteiger partial charge in [-0.15, -0.1) is 0 Å². The molecule has 3 heteroatoms. The van der Waals surface area contributed by atoms with Gasteiger partial charge in [-0.2, -0.15) is 0 Å². The summed E-state index contributed by atoms with van der Waals surface area (Å²) in [6.45, 7) is 1.85. The SMILES string of the molecule is CC=Nc1cc(N)cc(N)c1. The van der Waals surface area contributed by atoms with Gasteiger partial charge in [0.2, 0.25) is 0 Å². The molecule has 0 amide bonds. The van der Waals surface area contributed by atoms with Crippen molar-refractivity contribution in [2.24, 2.45) is 4.99 Å². The fourth-order valence-electron chi connectivity index (χ4n) is 0.883. The molecule has 1 aromatic carbocycles. The van der Waals surface area contributed by atoms with Crippen LogP contribution in [0.3, 0.4) is 0 Å². The van der Waals surface area contributed by atoms with Gasteiger partial charge in [0.15, 0.2) is 0 Å². The van der Waals surface area contributed by atoms with E-state index in [-0.39, 0.29) is 0 Å². The molecule has 0 saturated carbocycles. The third-order valence-corrected chi connectivity index (χ3v) is 1.24. The molecule has 0 heterocycles. The van der Waals surface area contributed by atoms with E-state index in [1.807, 2.05) is 6.92 Å². The van der Waals surface area contributed by atoms with Crippen molar-refractivity contribution >= 4 is 23.3 Å². The van der Waals surface area contributed by atoms with Gasteiger partial charge in [-0.3, -0.25) is 4.99 Å². The van der Waals surface area contributed by atoms with E-state index in [0.717, 1.165) is 5.69 Å². The summed E-state index contributed by atoms with van der Waals surface area (Å²) in [6, 6.07) is 5.25. The molecule has 0 aliphatic rings. The quantitative estimate of drug-likeness (QED) is 0.470. The van der Waals surface area contributed by atoms with Crippen molar-refractivity contribution < 1.29 is 0 Å². The Morgan fingerprint density at radius 3 is 2.18 bits per heavy atom. The van der Waals surface area contributed by atoms with E-state index < -0.39 is 0 Å². The largest absolute Gasteiger partial charge is 0.399 e. The van der Waals surface area contributed by atoms with Crippen molar-refractivity contribution in [1.82, 2.24) is 0 Å². The minimum atomic E-state index is 0.644. The molecule has 0 aliphatic carbocycles. The van der Waals surface area contributed by atoms with Crippen LogP contribution in [-0.2, 0) is 0 Å². The standard InChI is InChI=1S/C8H11N3/c1-2-11-8-4-6(9)3-7(10)5-8/h2-5H,9-10H2,1H3. The summed E-state index contributed by atoms with van der Waals surface area (Å²) < 4.78 is 0. The lowest BCUT2D eigenvalue weighted by Crippen LogP contribution is -1.88. The van der Waals surface area contributed by atoms with Crippen LogP contribution in [0.5, 0.6) is 0 Å². The second kappa shape index (κ2) is 3.05. The van der Waals surface area contributed by atoms with Crippen LogP contribution in [0.4, 0.5) is 17.1 Å². The fraction of sp³-hybridized carbons (Fsp3) is 0.125. The normalized spacial score (nSPS) is 10.6. The van der Waals surface area contributed by atoms with Crippen LogP contribution in [0.1, 0.15) is 6.92 Å². The number of nitrogens with zero attached hydrogens (tertiary/aromatic N) is 1. The molecule has 4 N–H and O–H groups in total. The Morgan fingerprint density at radius 2 is 1.73 bits per heavy atom. The molecule has 0 saturated heterocycles. The van der Waals surface area contributed by atoms with Crippen LogP contribution < -0.4 is 11.5 Å². The Hall–Kier alpha value is -1.51. The summed E-state index contributed by atoms with van der Waals surface area (Å²) in [7, 11) is 0. The second-order valence-electron chi connectivity index (χ2n) is 2.25. The molecular formula is C8H11N3. The zero-order valence-corrected chi connectivity index (χ0v) is 6.41. The number of aliphatic imine (C=N–C) groups is 1. The molecule has 0 atom stereocenters. The van der Waals surface area contributed by atoms with E-state index in [2.05, 4.69) is 4.99 Å². The summed E-state index contributed by atoms with van der Waals surface area (Å²) in [5, 5.41) is 0. The Kier molecular flexibility index (Phi) is 2.11. The molecule has 58 valence electrons. The van der Waals surface area contributed by atoms with Gasteiger partial charge in [0.05, 0.1) is 5.69 Å². The first kappa shape index (κ1) is 7.60. The van der Waals surface area contributed by atoms with E-state index in [0.29, 0.717) is 11.4 Å². The molecule has 0 radical (unpaired) electrons. The summed E-state index contributed by atoms with van der Waals surface area (Å²) in [5.41, 5.74) is 13.2. The van der Waals surface area contributed by atoms with Gasteiger partial charge in [-0.25, -0.2) is 0 Å². The van der Waals surface area contributed by atoms with Crippen molar-refractivity contribution in [1.29, 1.82) is 0 Å². The first-order chi connectivity index (χ1) is 5.22. The third-order valence-electron chi connectivity index (χ3n) is 1.24. The Bertz CT molecular complexity index is 258. The van der Waals surface area contributed by atoms with Crippen molar-refractivity contribution in [3.05, 3.63) is 18.2 Å². The van der Waals surface area contributed by atoms with Crippen LogP contribution in [0.15, 0.2) is 23.2 Å². The highest BCUT2D eigenvalue weighted by molar-refractivity contribution is 5.67. The number of benzene rings is 1. The van der Waals surface area contributed by atoms with Crippen LogP contribution in [0.25, 0.3) is 0 Å². The maximum Gasteiger partial charge on any atom is 0.0666 e. The maximum absolute atomic E-state index is 5.54. The van der Waals surface area contributed by atoms with E-state index in [1.165, 1.54) is 0 Å². The molecule has 0 aromatic heterocycles. The highest BCUT2D eigenvalue weighted by atomic mass is 14.7. The molecule has 1 rings (SSSR count). The molecule has 0 bridgehead atoms. The minimum absolute atomic E-state index is 0.644. The highest BCUT2D eigenvalue weighted by Crippen LogP contribution is 2.19. The molecule has 0 aliphatic heterocycles. The van der Waals surface area contributed by atoms with Gasteiger partial charge in [0.1, 0.15) is 0 Å². The van der Waals surface area contributed by atoms with E-state index >= 15 is 0 Å². The predicted octanol–water partition coefficient (Wildman–Crippen LogP) is 1.57. The van der Waals surface area contributed by atoms with Gasteiger partial charge in [-0.05, 0) is 25.1 Å². The van der Waals surface area contributed by atoms with Gasteiger partial charge in [-0.1, -0.05) is 0 Å². The lowest BCUT2D eigenvalue weighted by Gasteiger charge is -1.98. The average molecular weight is 149 g/mol. The highest BCUT2D eigenvalue weighted by Gasteiger charge is 1.92. The predicted molar refractivity (Wildman–Crippen MR) is 49.1 cm³/mol. The van der Waals surface area contributed by atoms with E-state index in [9.17, 15) is 0 Å². The topological polar surface area (TPSA) is 64.4 Å². The van der Waals surface area contributed by atoms with Crippen LogP contribution in [0.2, 0.25) is 0 Å². The number of nitrogen functional groups attached to an aromatic ring is 2. The average Bonchev–Trinajstić information content (AvgIpc) is 1.85. The van der Waals surface area contributed by atoms with Crippen LogP contribution >= 0.6 is 0 Å². The van der Waals surface area contributed by atoms with Crippen molar-refractivity contribution in [2.45, 2.75) is 6.92 Å². The Morgan fingerprint density at radius 1 is 1.18 bits per heavy atom. The lowest BCUT2D eigenvalue weighted by molar-refractivity contribution is 1.52. The number of nitrogens with two attached hydrogens (primary N) is 2. The van der Waals surface area contributed by atoms with Gasteiger partial charge in [0, 0.05) is 17.6 Å². The minimum Gasteiger partial charge on any atom is -0.399 e. The van der Waals surface area contributed by atoms with Crippen LogP contribution in [-0.4, -0.2) is 6.21 Å². The summed E-state index contributed by atoms with van der Waals surface area (Å²) in [4.78, 5) is 4.04. The molecule has 0 fully saturated rings. The molecule has 1 aromatic rings. The van der Waals surface area contributed by atoms with Gasteiger partial charge in [0.25, 0.3) is 0 Å². The third kappa shape index (κ3) is 1.97. The molecule has 3 nitrogen and oxygen atoms in total. The van der Waals surface area contributed by atoms with Crippen molar-refractivity contribution in [3.8, 4) is 0 Å². The van der Waals surface area contributed by atoms with Crippen molar-refractivity contribution in [3.63, 3.8) is 0 Å². The molecule has 0 spiro atoms. The second-order valence-corrected chi connectivity index (χ2v) is 2.25. The Labute approximate surface area is 65.7 Å². The summed E-state index contributed by atoms with van der Waals surface area (Å²) >= 11 is 0. The zero-order valence-electron chi connectivity index (χ0n) is 6.41. The zero-order chi connectivity index (χ0) is 8.27. The smallest absolute Gasteiger partial charge is 0.0666 e. The first-order valence-corrected chi connectivity index (χ1v) is 3.37. The van der Waals surface area contributed by atoms with Crippen LogP contribution in [0, 0.1) is 0 Å². The molecular weight excluding hydrogens is 138 g/mol. The summed E-state index contributed by atoms with van der Waals surface area (Å²) in [5.74, 6) is 0. The van der Waals surface area contributed by atoms with E-state index in [4.69, 9.17) is 11.5 Å².